The summed E-state index contributed by atoms with van der Waals surface area (Å²) in [4.78, 5) is 0. The second-order valence-electron chi connectivity index (χ2n) is 5.01. The summed E-state index contributed by atoms with van der Waals surface area (Å²) < 4.78 is 0. The van der Waals surface area contributed by atoms with Crippen LogP contribution in [0, 0.1) is 5.92 Å². The molecule has 1 N–H and O–H groups in total. The van der Waals surface area contributed by atoms with Crippen molar-refractivity contribution in [2.75, 3.05) is 11.9 Å². The van der Waals surface area contributed by atoms with Gasteiger partial charge in [-0.2, -0.15) is 0 Å². The zero-order valence-electron chi connectivity index (χ0n) is 9.71. The van der Waals surface area contributed by atoms with Crippen LogP contribution in [-0.2, 0) is 0 Å². The molecule has 0 atom stereocenters. The SMILES string of the molecule is C(CC1CCCC1)=C1CNc2ccccc21. The van der Waals surface area contributed by atoms with E-state index in [1.165, 1.54) is 48.9 Å². The summed E-state index contributed by atoms with van der Waals surface area (Å²) in [6, 6.07) is 8.64. The van der Waals surface area contributed by atoms with E-state index in [1.807, 2.05) is 0 Å². The molecule has 3 rings (SSSR count). The van der Waals surface area contributed by atoms with Crippen molar-refractivity contribution >= 4 is 11.3 Å². The molecule has 0 bridgehead atoms. The minimum absolute atomic E-state index is 0.959. The molecule has 0 unspecified atom stereocenters. The van der Waals surface area contributed by atoms with Gasteiger partial charge in [-0.25, -0.2) is 0 Å². The third kappa shape index (κ3) is 1.87. The highest BCUT2D eigenvalue weighted by molar-refractivity contribution is 5.84. The van der Waals surface area contributed by atoms with E-state index in [-0.39, 0.29) is 0 Å². The molecule has 16 heavy (non-hydrogen) atoms. The van der Waals surface area contributed by atoms with Crippen molar-refractivity contribution in [3.63, 3.8) is 0 Å². The smallest absolute Gasteiger partial charge is 0.0419 e. The first kappa shape index (κ1) is 9.95. The third-order valence-corrected chi connectivity index (χ3v) is 3.91. The standard InChI is InChI=1S/C15H19N/c1-2-6-12(5-1)9-10-13-11-16-15-8-4-3-7-14(13)15/h3-4,7-8,10,12,16H,1-2,5-6,9,11H2. The van der Waals surface area contributed by atoms with Crippen LogP contribution in [0.15, 0.2) is 30.3 Å². The summed E-state index contributed by atoms with van der Waals surface area (Å²) in [5.41, 5.74) is 4.23. The van der Waals surface area contributed by atoms with Crippen LogP contribution >= 0.6 is 0 Å². The molecule has 1 heteroatoms. The molecule has 1 saturated carbocycles. The summed E-state index contributed by atoms with van der Waals surface area (Å²) in [7, 11) is 0. The molecule has 1 aromatic rings. The Morgan fingerprint density at radius 3 is 2.88 bits per heavy atom. The molecule has 1 aliphatic carbocycles. The topological polar surface area (TPSA) is 12.0 Å². The molecule has 84 valence electrons. The monoisotopic (exact) mass is 213 g/mol. The van der Waals surface area contributed by atoms with Gasteiger partial charge in [0.05, 0.1) is 0 Å². The largest absolute Gasteiger partial charge is 0.380 e. The molecule has 1 heterocycles. The van der Waals surface area contributed by atoms with Crippen molar-refractivity contribution in [2.24, 2.45) is 5.92 Å². The van der Waals surface area contributed by atoms with Crippen LogP contribution in [0.25, 0.3) is 5.57 Å². The lowest BCUT2D eigenvalue weighted by Crippen LogP contribution is -1.94. The van der Waals surface area contributed by atoms with E-state index < -0.39 is 0 Å². The number of nitrogens with one attached hydrogen (secondary N) is 1. The molecule has 1 aromatic carbocycles. The zero-order chi connectivity index (χ0) is 10.8. The number of fused-ring (bicyclic) bond motifs is 1. The lowest BCUT2D eigenvalue weighted by atomic mass is 10.00. The second kappa shape index (κ2) is 4.32. The van der Waals surface area contributed by atoms with Gasteiger partial charge in [-0.05, 0) is 24.0 Å². The van der Waals surface area contributed by atoms with Gasteiger partial charge < -0.3 is 5.32 Å². The van der Waals surface area contributed by atoms with Crippen molar-refractivity contribution in [1.82, 2.24) is 0 Å². The van der Waals surface area contributed by atoms with Gasteiger partial charge >= 0.3 is 0 Å². The van der Waals surface area contributed by atoms with Crippen LogP contribution in [0.1, 0.15) is 37.7 Å². The summed E-state index contributed by atoms with van der Waals surface area (Å²) in [6.45, 7) is 1.02. The van der Waals surface area contributed by atoms with Gasteiger partial charge in [0, 0.05) is 17.8 Å². The van der Waals surface area contributed by atoms with Crippen LogP contribution in [0.4, 0.5) is 5.69 Å². The van der Waals surface area contributed by atoms with Crippen LogP contribution < -0.4 is 5.32 Å². The number of benzene rings is 1. The molecular formula is C15H19N. The first-order valence-electron chi connectivity index (χ1n) is 6.46. The summed E-state index contributed by atoms with van der Waals surface area (Å²) in [6.07, 6.45) is 9.53. The maximum absolute atomic E-state index is 3.46. The maximum atomic E-state index is 3.46. The van der Waals surface area contributed by atoms with Crippen LogP contribution in [0.3, 0.4) is 0 Å². The zero-order valence-corrected chi connectivity index (χ0v) is 9.71. The minimum Gasteiger partial charge on any atom is -0.380 e. The highest BCUT2D eigenvalue weighted by Crippen LogP contribution is 2.33. The summed E-state index contributed by atoms with van der Waals surface area (Å²) in [5, 5.41) is 3.46. The van der Waals surface area contributed by atoms with Crippen LogP contribution in [0.5, 0.6) is 0 Å². The molecule has 0 amide bonds. The summed E-state index contributed by atoms with van der Waals surface area (Å²) >= 11 is 0. The van der Waals surface area contributed by atoms with E-state index in [2.05, 4.69) is 35.7 Å². The first-order valence-corrected chi connectivity index (χ1v) is 6.46. The average molecular weight is 213 g/mol. The van der Waals surface area contributed by atoms with E-state index in [1.54, 1.807) is 0 Å². The lowest BCUT2D eigenvalue weighted by Gasteiger charge is -2.05. The van der Waals surface area contributed by atoms with Crippen LogP contribution in [0.2, 0.25) is 0 Å². The molecule has 0 radical (unpaired) electrons. The fourth-order valence-corrected chi connectivity index (χ4v) is 2.94. The Balaban J connectivity index is 1.74. The van der Waals surface area contributed by atoms with Crippen molar-refractivity contribution < 1.29 is 0 Å². The van der Waals surface area contributed by atoms with E-state index >= 15 is 0 Å². The number of anilines is 1. The highest BCUT2D eigenvalue weighted by Gasteiger charge is 2.17. The Labute approximate surface area is 97.6 Å². The van der Waals surface area contributed by atoms with E-state index in [4.69, 9.17) is 0 Å². The lowest BCUT2D eigenvalue weighted by molar-refractivity contribution is 0.558. The predicted molar refractivity (Wildman–Crippen MR) is 69.5 cm³/mol. The van der Waals surface area contributed by atoms with E-state index in [0.29, 0.717) is 0 Å². The number of para-hydroxylation sites is 1. The number of hydrogen-bond acceptors (Lipinski definition) is 1. The second-order valence-corrected chi connectivity index (χ2v) is 5.01. The number of allylic oxidation sites excluding steroid dienone is 1. The Morgan fingerprint density at radius 2 is 2.00 bits per heavy atom. The quantitative estimate of drug-likeness (QED) is 0.780. The molecule has 0 saturated heterocycles. The first-order chi connectivity index (χ1) is 7.93. The highest BCUT2D eigenvalue weighted by atomic mass is 14.9. The van der Waals surface area contributed by atoms with Crippen molar-refractivity contribution in [3.05, 3.63) is 35.9 Å². The Bertz CT molecular complexity index is 400. The van der Waals surface area contributed by atoms with E-state index in [9.17, 15) is 0 Å². The molecule has 1 aliphatic heterocycles. The Hall–Kier alpha value is -1.24. The fraction of sp³-hybridized carbons (Fsp3) is 0.467. The maximum Gasteiger partial charge on any atom is 0.0419 e. The van der Waals surface area contributed by atoms with Gasteiger partial charge in [0.2, 0.25) is 0 Å². The number of hydrogen-bond donors (Lipinski definition) is 1. The third-order valence-electron chi connectivity index (χ3n) is 3.91. The molecule has 2 aliphatic rings. The molecule has 1 nitrogen and oxygen atoms in total. The fourth-order valence-electron chi connectivity index (χ4n) is 2.94. The average Bonchev–Trinajstić information content (AvgIpc) is 2.96. The van der Waals surface area contributed by atoms with Crippen LogP contribution in [-0.4, -0.2) is 6.54 Å². The molecule has 1 fully saturated rings. The van der Waals surface area contributed by atoms with E-state index in [0.717, 1.165) is 12.5 Å². The van der Waals surface area contributed by atoms with Gasteiger partial charge in [-0.15, -0.1) is 0 Å². The predicted octanol–water partition coefficient (Wildman–Crippen LogP) is 4.08. The van der Waals surface area contributed by atoms with Gasteiger partial charge in [0.1, 0.15) is 0 Å². The Morgan fingerprint density at radius 1 is 1.19 bits per heavy atom. The van der Waals surface area contributed by atoms with Gasteiger partial charge in [-0.1, -0.05) is 50.0 Å². The van der Waals surface area contributed by atoms with Crippen molar-refractivity contribution in [3.8, 4) is 0 Å². The molecule has 0 aromatic heterocycles. The van der Waals surface area contributed by atoms with Gasteiger partial charge in [-0.3, -0.25) is 0 Å². The number of rotatable bonds is 2. The van der Waals surface area contributed by atoms with Crippen molar-refractivity contribution in [1.29, 1.82) is 0 Å². The minimum atomic E-state index is 0.959. The van der Waals surface area contributed by atoms with Gasteiger partial charge in [0.25, 0.3) is 0 Å². The Kier molecular flexibility index (Phi) is 2.69. The molecular weight excluding hydrogens is 194 g/mol. The molecule has 0 spiro atoms. The normalized spacial score (nSPS) is 22.4. The summed E-state index contributed by atoms with van der Waals surface area (Å²) in [5.74, 6) is 0.959. The van der Waals surface area contributed by atoms with Crippen molar-refractivity contribution in [2.45, 2.75) is 32.1 Å². The van der Waals surface area contributed by atoms with Gasteiger partial charge in [0.15, 0.2) is 0 Å².